The Bertz CT molecular complexity index is 1340. The third-order valence-corrected chi connectivity index (χ3v) is 10.7. The first-order chi connectivity index (χ1) is 31.5. The van der Waals surface area contributed by atoms with E-state index >= 15 is 0 Å². The summed E-state index contributed by atoms with van der Waals surface area (Å²) in [6.45, 7) is 6.40. The van der Waals surface area contributed by atoms with Crippen LogP contribution in [0.25, 0.3) is 0 Å². The summed E-state index contributed by atoms with van der Waals surface area (Å²) >= 11 is 0. The van der Waals surface area contributed by atoms with Crippen LogP contribution in [0, 0.1) is 0 Å². The Hall–Kier alpha value is -3.93. The molecule has 0 aliphatic rings. The summed E-state index contributed by atoms with van der Waals surface area (Å²) in [5.41, 5.74) is 0. The standard InChI is InChI=1S/C58H94O6/c1-4-7-10-13-16-19-22-24-26-28-30-31-33-36-39-42-45-48-51-57(60)63-54-55(53-62-56(59)50-47-44-41-38-35-21-18-15-12-9-6-3)64-58(61)52-49-46-43-40-37-34-32-29-27-25-23-20-17-14-11-8-5-2/h8,11,14,17,20,22-32,34,37,55H,4-7,9-10,12-13,15-16,18-19,21,33,35-36,38-54H2,1-3H3/b11-8-,17-14-,23-20-,24-22-,27-25-,28-26-,31-30-,32-29+,37-34-. The summed E-state index contributed by atoms with van der Waals surface area (Å²) < 4.78 is 16.7. The van der Waals surface area contributed by atoms with Gasteiger partial charge in [-0.2, -0.15) is 0 Å². The fourth-order valence-corrected chi connectivity index (χ4v) is 6.83. The Labute approximate surface area is 393 Å². The van der Waals surface area contributed by atoms with Crippen molar-refractivity contribution in [2.24, 2.45) is 0 Å². The first-order valence-corrected chi connectivity index (χ1v) is 26.0. The summed E-state index contributed by atoms with van der Waals surface area (Å²) in [4.78, 5) is 38.0. The minimum Gasteiger partial charge on any atom is -0.462 e. The van der Waals surface area contributed by atoms with Gasteiger partial charge in [0.25, 0.3) is 0 Å². The molecule has 0 saturated carbocycles. The van der Waals surface area contributed by atoms with E-state index in [1.165, 1.54) is 83.5 Å². The van der Waals surface area contributed by atoms with E-state index in [1.54, 1.807) is 0 Å². The van der Waals surface area contributed by atoms with Gasteiger partial charge in [0, 0.05) is 19.3 Å². The van der Waals surface area contributed by atoms with Gasteiger partial charge in [0.2, 0.25) is 0 Å². The summed E-state index contributed by atoms with van der Waals surface area (Å²) in [6.07, 6.45) is 69.2. The van der Waals surface area contributed by atoms with Crippen molar-refractivity contribution in [2.45, 2.75) is 226 Å². The normalized spacial score (nSPS) is 13.0. The molecule has 0 spiro atoms. The van der Waals surface area contributed by atoms with Gasteiger partial charge < -0.3 is 14.2 Å². The van der Waals surface area contributed by atoms with Crippen LogP contribution in [-0.2, 0) is 28.6 Å². The highest BCUT2D eigenvalue weighted by atomic mass is 16.6. The zero-order valence-electron chi connectivity index (χ0n) is 41.3. The van der Waals surface area contributed by atoms with E-state index in [0.717, 1.165) is 89.9 Å². The van der Waals surface area contributed by atoms with E-state index in [0.29, 0.717) is 19.3 Å². The molecular formula is C58H94O6. The van der Waals surface area contributed by atoms with Crippen molar-refractivity contribution in [3.8, 4) is 0 Å². The summed E-state index contributed by atoms with van der Waals surface area (Å²) in [7, 11) is 0. The molecule has 0 aliphatic heterocycles. The molecule has 0 amide bonds. The van der Waals surface area contributed by atoms with Crippen LogP contribution >= 0.6 is 0 Å². The maximum atomic E-state index is 12.8. The van der Waals surface area contributed by atoms with Crippen LogP contribution in [0.4, 0.5) is 0 Å². The van der Waals surface area contributed by atoms with Crippen LogP contribution in [0.1, 0.15) is 220 Å². The van der Waals surface area contributed by atoms with Crippen molar-refractivity contribution >= 4 is 17.9 Å². The number of unbranched alkanes of at least 4 members (excludes halogenated alkanes) is 23. The largest absolute Gasteiger partial charge is 0.462 e. The van der Waals surface area contributed by atoms with Gasteiger partial charge in [-0.15, -0.1) is 0 Å². The quantitative estimate of drug-likeness (QED) is 0.0262. The molecule has 0 bridgehead atoms. The topological polar surface area (TPSA) is 78.9 Å². The highest BCUT2D eigenvalue weighted by molar-refractivity contribution is 5.71. The highest BCUT2D eigenvalue weighted by Crippen LogP contribution is 2.14. The van der Waals surface area contributed by atoms with Crippen LogP contribution in [0.2, 0.25) is 0 Å². The summed E-state index contributed by atoms with van der Waals surface area (Å²) in [6, 6.07) is 0. The molecule has 64 heavy (non-hydrogen) atoms. The predicted octanol–water partition coefficient (Wildman–Crippen LogP) is 17.1. The molecule has 362 valence electrons. The Morgan fingerprint density at radius 2 is 0.609 bits per heavy atom. The summed E-state index contributed by atoms with van der Waals surface area (Å²) in [5.74, 6) is -0.973. The van der Waals surface area contributed by atoms with E-state index in [-0.39, 0.29) is 37.5 Å². The molecule has 6 nitrogen and oxygen atoms in total. The van der Waals surface area contributed by atoms with Gasteiger partial charge in [0.05, 0.1) is 0 Å². The monoisotopic (exact) mass is 887 g/mol. The fourth-order valence-electron chi connectivity index (χ4n) is 6.83. The first-order valence-electron chi connectivity index (χ1n) is 26.0. The summed E-state index contributed by atoms with van der Waals surface area (Å²) in [5, 5.41) is 0. The molecule has 1 atom stereocenters. The average molecular weight is 887 g/mol. The second-order valence-electron chi connectivity index (χ2n) is 16.9. The lowest BCUT2D eigenvalue weighted by Crippen LogP contribution is -2.30. The van der Waals surface area contributed by atoms with Crippen LogP contribution in [0.3, 0.4) is 0 Å². The fraction of sp³-hybridized carbons (Fsp3) is 0.638. The van der Waals surface area contributed by atoms with Crippen molar-refractivity contribution in [3.05, 3.63) is 109 Å². The molecular weight excluding hydrogens is 793 g/mol. The molecule has 1 unspecified atom stereocenters. The van der Waals surface area contributed by atoms with Crippen molar-refractivity contribution in [3.63, 3.8) is 0 Å². The number of hydrogen-bond donors (Lipinski definition) is 0. The lowest BCUT2D eigenvalue weighted by molar-refractivity contribution is -0.167. The minimum absolute atomic E-state index is 0.104. The molecule has 0 N–H and O–H groups in total. The van der Waals surface area contributed by atoms with Gasteiger partial charge in [-0.3, -0.25) is 14.4 Å². The van der Waals surface area contributed by atoms with Crippen LogP contribution in [-0.4, -0.2) is 37.2 Å². The Kier molecular flexibility index (Phi) is 48.5. The number of allylic oxidation sites excluding steroid dienone is 18. The molecule has 0 aliphatic carbocycles. The number of esters is 3. The zero-order valence-corrected chi connectivity index (χ0v) is 41.3. The molecule has 0 fully saturated rings. The number of carbonyl (C=O) groups is 3. The van der Waals surface area contributed by atoms with E-state index in [9.17, 15) is 14.4 Å². The van der Waals surface area contributed by atoms with Crippen molar-refractivity contribution in [1.82, 2.24) is 0 Å². The second kappa shape index (κ2) is 51.7. The smallest absolute Gasteiger partial charge is 0.306 e. The Morgan fingerprint density at radius 1 is 0.328 bits per heavy atom. The zero-order chi connectivity index (χ0) is 46.5. The van der Waals surface area contributed by atoms with Gasteiger partial charge in [-0.25, -0.2) is 0 Å². The molecule has 0 heterocycles. The lowest BCUT2D eigenvalue weighted by atomic mass is 10.1. The third-order valence-electron chi connectivity index (χ3n) is 10.7. The van der Waals surface area contributed by atoms with Crippen LogP contribution in [0.15, 0.2) is 109 Å². The maximum absolute atomic E-state index is 12.8. The van der Waals surface area contributed by atoms with Gasteiger partial charge >= 0.3 is 17.9 Å². The van der Waals surface area contributed by atoms with Gasteiger partial charge in [-0.05, 0) is 64.2 Å². The van der Waals surface area contributed by atoms with E-state index in [1.807, 2.05) is 60.8 Å². The van der Waals surface area contributed by atoms with Crippen molar-refractivity contribution in [1.29, 1.82) is 0 Å². The molecule has 0 aromatic carbocycles. The molecule has 0 rings (SSSR count). The number of rotatable bonds is 45. The van der Waals surface area contributed by atoms with E-state index in [4.69, 9.17) is 14.2 Å². The first kappa shape index (κ1) is 60.1. The van der Waals surface area contributed by atoms with Gasteiger partial charge in [-0.1, -0.05) is 246 Å². The van der Waals surface area contributed by atoms with Crippen LogP contribution in [0.5, 0.6) is 0 Å². The van der Waals surface area contributed by atoms with Gasteiger partial charge in [0.1, 0.15) is 13.2 Å². The molecule has 6 heteroatoms. The number of hydrogen-bond acceptors (Lipinski definition) is 6. The molecule has 0 saturated heterocycles. The highest BCUT2D eigenvalue weighted by Gasteiger charge is 2.19. The number of carbonyl (C=O) groups excluding carboxylic acids is 3. The van der Waals surface area contributed by atoms with E-state index in [2.05, 4.69) is 69.4 Å². The maximum Gasteiger partial charge on any atom is 0.306 e. The average Bonchev–Trinajstić information content (AvgIpc) is 3.29. The van der Waals surface area contributed by atoms with E-state index < -0.39 is 6.10 Å². The third kappa shape index (κ3) is 49.1. The number of ether oxygens (including phenoxy) is 3. The minimum atomic E-state index is -0.810. The molecule has 0 radical (unpaired) electrons. The van der Waals surface area contributed by atoms with Crippen LogP contribution < -0.4 is 0 Å². The van der Waals surface area contributed by atoms with Crippen molar-refractivity contribution in [2.75, 3.05) is 13.2 Å². The van der Waals surface area contributed by atoms with Crippen molar-refractivity contribution < 1.29 is 28.6 Å². The molecule has 0 aromatic heterocycles. The lowest BCUT2D eigenvalue weighted by Gasteiger charge is -2.18. The second-order valence-corrected chi connectivity index (χ2v) is 16.9. The predicted molar refractivity (Wildman–Crippen MR) is 274 cm³/mol. The Balaban J connectivity index is 4.52. The SMILES string of the molecule is CC\C=C/C=C\C=C/C=C\C=C\C=C/CCCCCC(=O)OC(COC(=O)CCCCCCC\C=C/C=C\C=C/CCCCCCC)COC(=O)CCCCCCCCCCCCC. The Morgan fingerprint density at radius 3 is 0.969 bits per heavy atom. The molecule has 0 aromatic rings. The van der Waals surface area contributed by atoms with Gasteiger partial charge in [0.15, 0.2) is 6.10 Å².